The van der Waals surface area contributed by atoms with E-state index < -0.39 is 49.5 Å². The van der Waals surface area contributed by atoms with Gasteiger partial charge in [-0.1, -0.05) is 204 Å². The lowest BCUT2D eigenvalue weighted by Gasteiger charge is -2.40. The second-order valence-corrected chi connectivity index (χ2v) is 18.0. The molecular formula is C52H97NO8. The molecule has 9 nitrogen and oxygen atoms in total. The number of ether oxygens (including phenoxy) is 2. The Balaban J connectivity index is 2.33. The Labute approximate surface area is 374 Å². The van der Waals surface area contributed by atoms with Crippen LogP contribution >= 0.6 is 0 Å². The molecule has 61 heavy (non-hydrogen) atoms. The van der Waals surface area contributed by atoms with Crippen LogP contribution in [0.15, 0.2) is 36.5 Å². The minimum absolute atomic E-state index is 0.190. The van der Waals surface area contributed by atoms with E-state index in [1.54, 1.807) is 6.08 Å². The van der Waals surface area contributed by atoms with Crippen molar-refractivity contribution in [3.8, 4) is 0 Å². The van der Waals surface area contributed by atoms with Crippen molar-refractivity contribution in [2.45, 2.75) is 275 Å². The Bertz CT molecular complexity index is 1050. The van der Waals surface area contributed by atoms with Gasteiger partial charge < -0.3 is 40.3 Å². The summed E-state index contributed by atoms with van der Waals surface area (Å²) >= 11 is 0. The smallest absolute Gasteiger partial charge is 0.220 e. The third-order valence-corrected chi connectivity index (χ3v) is 12.2. The van der Waals surface area contributed by atoms with Crippen molar-refractivity contribution < 1.29 is 39.8 Å². The van der Waals surface area contributed by atoms with Crippen molar-refractivity contribution in [1.29, 1.82) is 0 Å². The summed E-state index contributed by atoms with van der Waals surface area (Å²) in [5, 5.41) is 54.3. The number of carbonyl (C=O) groups is 1. The van der Waals surface area contributed by atoms with Gasteiger partial charge in [0.05, 0.1) is 25.4 Å². The average molecular weight is 864 g/mol. The first-order chi connectivity index (χ1) is 29.8. The first-order valence-electron chi connectivity index (χ1n) is 25.7. The highest BCUT2D eigenvalue weighted by molar-refractivity contribution is 5.76. The summed E-state index contributed by atoms with van der Waals surface area (Å²) in [6, 6.07) is -0.823. The molecule has 0 saturated carbocycles. The number of aliphatic hydroxyl groups is 5. The number of hydrogen-bond acceptors (Lipinski definition) is 8. The Morgan fingerprint density at radius 1 is 0.541 bits per heavy atom. The Morgan fingerprint density at radius 2 is 0.934 bits per heavy atom. The summed E-state index contributed by atoms with van der Waals surface area (Å²) in [6.07, 6.45) is 46.2. The highest BCUT2D eigenvalue weighted by atomic mass is 16.7. The van der Waals surface area contributed by atoms with Crippen LogP contribution < -0.4 is 5.32 Å². The standard InChI is InChI=1S/C52H97NO8/c1-3-5-7-9-11-13-15-17-19-21-23-24-25-27-29-31-33-35-37-39-41-46(55)45(44-60-52-51(59)50(58)49(57)47(43-54)61-52)53-48(56)42-40-38-36-34-32-30-28-26-22-20-18-16-14-12-10-8-6-4-2/h20,22,31,33,39,41,45-47,49-52,54-55,57-59H,3-19,21,23-30,32,34-38,40,42-44H2,1-2H3,(H,53,56)/b22-20-,33-31+,41-39+. The van der Waals surface area contributed by atoms with E-state index in [0.29, 0.717) is 6.42 Å². The number of nitrogens with one attached hydrogen (secondary N) is 1. The van der Waals surface area contributed by atoms with Crippen molar-refractivity contribution in [2.24, 2.45) is 0 Å². The van der Waals surface area contributed by atoms with E-state index in [2.05, 4.69) is 43.5 Å². The molecule has 0 radical (unpaired) electrons. The van der Waals surface area contributed by atoms with E-state index in [9.17, 15) is 30.3 Å². The van der Waals surface area contributed by atoms with Gasteiger partial charge in [-0.2, -0.15) is 0 Å². The zero-order valence-corrected chi connectivity index (χ0v) is 39.4. The molecule has 6 N–H and O–H groups in total. The largest absolute Gasteiger partial charge is 0.394 e. The van der Waals surface area contributed by atoms with Crippen LogP contribution in [-0.2, 0) is 14.3 Å². The van der Waals surface area contributed by atoms with Crippen LogP contribution in [0.25, 0.3) is 0 Å². The third kappa shape index (κ3) is 32.7. The van der Waals surface area contributed by atoms with Gasteiger partial charge in [0.1, 0.15) is 24.4 Å². The highest BCUT2D eigenvalue weighted by Crippen LogP contribution is 2.23. The summed E-state index contributed by atoms with van der Waals surface area (Å²) in [4.78, 5) is 13.0. The van der Waals surface area contributed by atoms with E-state index in [0.717, 1.165) is 51.4 Å². The molecule has 0 aromatic rings. The predicted octanol–water partition coefficient (Wildman–Crippen LogP) is 11.6. The molecule has 0 aromatic heterocycles. The van der Waals surface area contributed by atoms with E-state index >= 15 is 0 Å². The van der Waals surface area contributed by atoms with Crippen LogP contribution in [0.2, 0.25) is 0 Å². The van der Waals surface area contributed by atoms with Crippen LogP contribution in [-0.4, -0.2) is 87.5 Å². The normalized spacial score (nSPS) is 20.7. The van der Waals surface area contributed by atoms with Crippen molar-refractivity contribution in [1.82, 2.24) is 5.32 Å². The molecule has 1 amide bonds. The van der Waals surface area contributed by atoms with Crippen LogP contribution in [0, 0.1) is 0 Å². The molecular weight excluding hydrogens is 767 g/mol. The second kappa shape index (κ2) is 42.4. The maximum atomic E-state index is 13.0. The fraction of sp³-hybridized carbons (Fsp3) is 0.865. The number of aliphatic hydroxyl groups excluding tert-OH is 5. The topological polar surface area (TPSA) is 149 Å². The van der Waals surface area contributed by atoms with Gasteiger partial charge in [-0.05, 0) is 57.8 Å². The van der Waals surface area contributed by atoms with Gasteiger partial charge in [0.2, 0.25) is 5.91 Å². The molecule has 9 heteroatoms. The quantitative estimate of drug-likeness (QED) is 0.0262. The zero-order valence-electron chi connectivity index (χ0n) is 39.4. The zero-order chi connectivity index (χ0) is 44.4. The number of hydrogen-bond donors (Lipinski definition) is 6. The number of carbonyl (C=O) groups excluding carboxylic acids is 1. The van der Waals surface area contributed by atoms with Gasteiger partial charge in [-0.25, -0.2) is 0 Å². The summed E-state index contributed by atoms with van der Waals surface area (Å²) in [6.45, 7) is 3.77. The fourth-order valence-corrected chi connectivity index (χ4v) is 8.05. The first kappa shape index (κ1) is 57.4. The molecule has 358 valence electrons. The lowest BCUT2D eigenvalue weighted by atomic mass is 9.99. The maximum Gasteiger partial charge on any atom is 0.220 e. The summed E-state index contributed by atoms with van der Waals surface area (Å²) in [5.74, 6) is -0.190. The van der Waals surface area contributed by atoms with Crippen LogP contribution in [0.1, 0.15) is 232 Å². The van der Waals surface area contributed by atoms with Gasteiger partial charge in [-0.15, -0.1) is 0 Å². The Hall–Kier alpha value is -1.59. The van der Waals surface area contributed by atoms with Gasteiger partial charge in [0.15, 0.2) is 6.29 Å². The molecule has 0 bridgehead atoms. The van der Waals surface area contributed by atoms with Crippen LogP contribution in [0.5, 0.6) is 0 Å². The molecule has 7 unspecified atom stereocenters. The Kier molecular flexibility index (Phi) is 39.9. The Morgan fingerprint density at radius 3 is 1.38 bits per heavy atom. The molecule has 1 saturated heterocycles. The van der Waals surface area contributed by atoms with Crippen molar-refractivity contribution in [3.05, 3.63) is 36.5 Å². The molecule has 1 aliphatic heterocycles. The monoisotopic (exact) mass is 864 g/mol. The van der Waals surface area contributed by atoms with E-state index in [4.69, 9.17) is 9.47 Å². The second-order valence-electron chi connectivity index (χ2n) is 18.0. The van der Waals surface area contributed by atoms with E-state index in [1.807, 2.05) is 6.08 Å². The lowest BCUT2D eigenvalue weighted by molar-refractivity contribution is -0.302. The summed E-state index contributed by atoms with van der Waals surface area (Å²) in [7, 11) is 0. The van der Waals surface area contributed by atoms with Crippen molar-refractivity contribution in [3.63, 3.8) is 0 Å². The van der Waals surface area contributed by atoms with Gasteiger partial charge in [0, 0.05) is 6.42 Å². The number of amides is 1. The van der Waals surface area contributed by atoms with E-state index in [-0.39, 0.29) is 12.5 Å². The molecule has 1 rings (SSSR count). The first-order valence-corrected chi connectivity index (χ1v) is 25.7. The SMILES string of the molecule is CCCCCCCCC/C=C\CCCCCCCCCC(=O)NC(COC1OC(CO)C(O)C(O)C1O)C(O)/C=C/CC/C=C/CCCCCCCCCCCCCCCC. The van der Waals surface area contributed by atoms with Gasteiger partial charge >= 0.3 is 0 Å². The predicted molar refractivity (Wildman–Crippen MR) is 253 cm³/mol. The van der Waals surface area contributed by atoms with Crippen molar-refractivity contribution >= 4 is 5.91 Å². The minimum Gasteiger partial charge on any atom is -0.394 e. The third-order valence-electron chi connectivity index (χ3n) is 12.2. The lowest BCUT2D eigenvalue weighted by Crippen LogP contribution is -2.60. The highest BCUT2D eigenvalue weighted by Gasteiger charge is 2.44. The molecule has 0 aromatic carbocycles. The average Bonchev–Trinajstić information content (AvgIpc) is 3.26. The summed E-state index contributed by atoms with van der Waals surface area (Å²) in [5.41, 5.74) is 0. The van der Waals surface area contributed by atoms with Crippen LogP contribution in [0.3, 0.4) is 0 Å². The van der Waals surface area contributed by atoms with Gasteiger partial charge in [-0.3, -0.25) is 4.79 Å². The van der Waals surface area contributed by atoms with Crippen molar-refractivity contribution in [2.75, 3.05) is 13.2 Å². The molecule has 7 atom stereocenters. The number of allylic oxidation sites excluding steroid dienone is 5. The fourth-order valence-electron chi connectivity index (χ4n) is 8.05. The maximum absolute atomic E-state index is 13.0. The van der Waals surface area contributed by atoms with E-state index in [1.165, 1.54) is 161 Å². The van der Waals surface area contributed by atoms with Gasteiger partial charge in [0.25, 0.3) is 0 Å². The number of rotatable bonds is 43. The molecule has 0 aliphatic carbocycles. The van der Waals surface area contributed by atoms with Crippen LogP contribution in [0.4, 0.5) is 0 Å². The molecule has 1 fully saturated rings. The molecule has 0 spiro atoms. The number of unbranched alkanes of at least 4 members (excludes halogenated alkanes) is 29. The molecule has 1 heterocycles. The molecule has 1 aliphatic rings. The minimum atomic E-state index is -1.57. The summed E-state index contributed by atoms with van der Waals surface area (Å²) < 4.78 is 11.2.